The summed E-state index contributed by atoms with van der Waals surface area (Å²) in [6.07, 6.45) is 0.880. The number of benzene rings is 1. The van der Waals surface area contributed by atoms with Gasteiger partial charge in [0.15, 0.2) is 5.82 Å². The molecule has 2 aromatic rings. The molecule has 0 spiro atoms. The van der Waals surface area contributed by atoms with Crippen LogP contribution in [0.3, 0.4) is 0 Å². The average Bonchev–Trinajstić information content (AvgIpc) is 2.82. The van der Waals surface area contributed by atoms with Crippen LogP contribution in [0.1, 0.15) is 12.8 Å². The molecule has 98 valence electrons. The minimum atomic E-state index is -0.357. The molecule has 1 unspecified atom stereocenters. The molecule has 0 bridgehead atoms. The first-order valence-electron chi connectivity index (χ1n) is 6.16. The van der Waals surface area contributed by atoms with Gasteiger partial charge in [0.25, 0.3) is 0 Å². The lowest BCUT2D eigenvalue weighted by atomic mass is 10.0. The second-order valence-corrected chi connectivity index (χ2v) is 4.67. The highest BCUT2D eigenvalue weighted by Crippen LogP contribution is 2.26. The maximum atomic E-state index is 11.9. The van der Waals surface area contributed by atoms with E-state index in [0.717, 1.165) is 16.7 Å². The number of anilines is 1. The van der Waals surface area contributed by atoms with Gasteiger partial charge < -0.3 is 4.90 Å². The summed E-state index contributed by atoms with van der Waals surface area (Å²) in [5.41, 5.74) is 0.927. The van der Waals surface area contributed by atoms with Gasteiger partial charge in [-0.1, -0.05) is 12.1 Å². The van der Waals surface area contributed by atoms with Crippen molar-refractivity contribution in [1.29, 1.82) is 0 Å². The molecule has 1 aromatic carbocycles. The van der Waals surface area contributed by atoms with Crippen LogP contribution in [0, 0.1) is 0 Å². The number of piperidine rings is 1. The summed E-state index contributed by atoms with van der Waals surface area (Å²) in [4.78, 5) is 24.9. The third-order valence-electron chi connectivity index (χ3n) is 3.46. The summed E-state index contributed by atoms with van der Waals surface area (Å²) in [6, 6.07) is 7.39. The second-order valence-electron chi connectivity index (χ2n) is 4.67. The lowest BCUT2D eigenvalue weighted by molar-refractivity contribution is -0.134. The molecule has 1 saturated heterocycles. The predicted molar refractivity (Wildman–Crippen MR) is 70.7 cm³/mol. The zero-order chi connectivity index (χ0) is 13.4. The van der Waals surface area contributed by atoms with E-state index in [1.165, 1.54) is 0 Å². The van der Waals surface area contributed by atoms with E-state index < -0.39 is 0 Å². The number of imide groups is 1. The highest BCUT2D eigenvalue weighted by Gasteiger charge is 2.31. The van der Waals surface area contributed by atoms with Gasteiger partial charge in [-0.05, 0) is 18.6 Å². The smallest absolute Gasteiger partial charge is 0.249 e. The van der Waals surface area contributed by atoms with Gasteiger partial charge in [0.05, 0.1) is 5.52 Å². The van der Waals surface area contributed by atoms with Crippen molar-refractivity contribution in [2.45, 2.75) is 18.9 Å². The second kappa shape index (κ2) is 4.38. The van der Waals surface area contributed by atoms with Crippen LogP contribution >= 0.6 is 0 Å². The Morgan fingerprint density at radius 3 is 2.89 bits per heavy atom. The van der Waals surface area contributed by atoms with Crippen LogP contribution in [0.5, 0.6) is 0 Å². The number of amides is 2. The number of hydrogen-bond acceptors (Lipinski definition) is 4. The number of rotatable bonds is 2. The Hall–Kier alpha value is -2.37. The molecule has 1 fully saturated rings. The average molecular weight is 258 g/mol. The van der Waals surface area contributed by atoms with Crippen molar-refractivity contribution in [3.8, 4) is 0 Å². The first-order chi connectivity index (χ1) is 9.16. The van der Waals surface area contributed by atoms with E-state index in [-0.39, 0.29) is 17.9 Å². The maximum absolute atomic E-state index is 11.9. The lowest BCUT2D eigenvalue weighted by Gasteiger charge is -2.29. The molecule has 1 aromatic heterocycles. The fraction of sp³-hybridized carbons (Fsp3) is 0.308. The number of para-hydroxylation sites is 1. The monoisotopic (exact) mass is 258 g/mol. The molecule has 0 aliphatic carbocycles. The Balaban J connectivity index is 1.93. The van der Waals surface area contributed by atoms with Crippen LogP contribution in [0.15, 0.2) is 24.3 Å². The molecule has 1 atom stereocenters. The van der Waals surface area contributed by atoms with E-state index in [4.69, 9.17) is 0 Å². The standard InChI is InChI=1S/C13H14N4O2/c1-17(10-6-7-11(18)14-13(10)19)12-8-4-2-3-5-9(8)15-16-12/h2-5,10H,6-7H2,1H3,(H,15,16)(H,14,18,19). The third-order valence-corrected chi connectivity index (χ3v) is 3.46. The third kappa shape index (κ3) is 1.95. The van der Waals surface area contributed by atoms with Crippen molar-refractivity contribution < 1.29 is 9.59 Å². The molecule has 2 heterocycles. The van der Waals surface area contributed by atoms with Crippen LogP contribution < -0.4 is 10.2 Å². The number of carbonyl (C=O) groups excluding carboxylic acids is 2. The number of nitrogens with one attached hydrogen (secondary N) is 2. The van der Waals surface area contributed by atoms with E-state index in [9.17, 15) is 9.59 Å². The molecule has 3 rings (SSSR count). The van der Waals surface area contributed by atoms with Crippen LogP contribution in [0.4, 0.5) is 5.82 Å². The SMILES string of the molecule is CN(c1n[nH]c2ccccc12)C1CCC(=O)NC1=O. The van der Waals surface area contributed by atoms with Crippen molar-refractivity contribution in [2.75, 3.05) is 11.9 Å². The van der Waals surface area contributed by atoms with E-state index in [1.54, 1.807) is 0 Å². The van der Waals surface area contributed by atoms with Gasteiger partial charge in [0, 0.05) is 18.9 Å². The summed E-state index contributed by atoms with van der Waals surface area (Å²) in [5, 5.41) is 10.5. The van der Waals surface area contributed by atoms with Gasteiger partial charge in [-0.15, -0.1) is 0 Å². The molecular formula is C13H14N4O2. The normalized spacial score (nSPS) is 19.5. The number of nitrogens with zero attached hydrogens (tertiary/aromatic N) is 2. The van der Waals surface area contributed by atoms with E-state index in [2.05, 4.69) is 15.5 Å². The highest BCUT2D eigenvalue weighted by atomic mass is 16.2. The fourth-order valence-electron chi connectivity index (χ4n) is 2.42. The molecule has 2 N–H and O–H groups in total. The summed E-state index contributed by atoms with van der Waals surface area (Å²) in [5.74, 6) is 0.262. The molecule has 0 saturated carbocycles. The number of likely N-dealkylation sites (N-methyl/N-ethyl adjacent to an activating group) is 1. The van der Waals surface area contributed by atoms with E-state index in [1.807, 2.05) is 36.2 Å². The molecule has 1 aliphatic heterocycles. The molecule has 1 aliphatic rings. The molecule has 6 heteroatoms. The van der Waals surface area contributed by atoms with Gasteiger partial charge in [-0.3, -0.25) is 20.0 Å². The summed E-state index contributed by atoms with van der Waals surface area (Å²) < 4.78 is 0. The van der Waals surface area contributed by atoms with Gasteiger partial charge in [0.2, 0.25) is 11.8 Å². The quantitative estimate of drug-likeness (QED) is 0.781. The largest absolute Gasteiger partial charge is 0.346 e. The molecule has 19 heavy (non-hydrogen) atoms. The number of fused-ring (bicyclic) bond motifs is 1. The number of carbonyl (C=O) groups is 2. The topological polar surface area (TPSA) is 78.1 Å². The zero-order valence-electron chi connectivity index (χ0n) is 10.5. The summed E-state index contributed by atoms with van der Waals surface area (Å²) >= 11 is 0. The summed E-state index contributed by atoms with van der Waals surface area (Å²) in [7, 11) is 1.82. The van der Waals surface area contributed by atoms with E-state index in [0.29, 0.717) is 12.8 Å². The van der Waals surface area contributed by atoms with Crippen molar-refractivity contribution >= 4 is 28.5 Å². The lowest BCUT2D eigenvalue weighted by Crippen LogP contribution is -2.51. The molecule has 6 nitrogen and oxygen atoms in total. The first kappa shape index (κ1) is 11.7. The molecule has 2 amide bonds. The van der Waals surface area contributed by atoms with Crippen LogP contribution in [-0.4, -0.2) is 35.1 Å². The number of H-pyrrole nitrogens is 1. The number of aromatic nitrogens is 2. The van der Waals surface area contributed by atoms with Gasteiger partial charge in [-0.2, -0.15) is 5.10 Å². The summed E-state index contributed by atoms with van der Waals surface area (Å²) in [6.45, 7) is 0. The first-order valence-corrected chi connectivity index (χ1v) is 6.16. The molecule has 0 radical (unpaired) electrons. The Morgan fingerprint density at radius 1 is 1.32 bits per heavy atom. The van der Waals surface area contributed by atoms with Crippen molar-refractivity contribution in [3.05, 3.63) is 24.3 Å². The zero-order valence-corrected chi connectivity index (χ0v) is 10.5. The van der Waals surface area contributed by atoms with Crippen molar-refractivity contribution in [3.63, 3.8) is 0 Å². The highest BCUT2D eigenvalue weighted by molar-refractivity contribution is 6.02. The van der Waals surface area contributed by atoms with Crippen LogP contribution in [0.25, 0.3) is 10.9 Å². The van der Waals surface area contributed by atoms with Gasteiger partial charge in [0.1, 0.15) is 6.04 Å². The fourth-order valence-corrected chi connectivity index (χ4v) is 2.42. The number of hydrogen-bond donors (Lipinski definition) is 2. The van der Waals surface area contributed by atoms with E-state index >= 15 is 0 Å². The Bertz CT molecular complexity index is 649. The Morgan fingerprint density at radius 2 is 2.11 bits per heavy atom. The minimum Gasteiger partial charge on any atom is -0.346 e. The molecular weight excluding hydrogens is 244 g/mol. The minimum absolute atomic E-state index is 0.207. The predicted octanol–water partition coefficient (Wildman–Crippen LogP) is 0.804. The Labute approximate surface area is 109 Å². The van der Waals surface area contributed by atoms with Crippen LogP contribution in [0.2, 0.25) is 0 Å². The maximum Gasteiger partial charge on any atom is 0.249 e. The van der Waals surface area contributed by atoms with Crippen LogP contribution in [-0.2, 0) is 9.59 Å². The Kier molecular flexibility index (Phi) is 2.70. The number of aromatic amines is 1. The van der Waals surface area contributed by atoms with Crippen molar-refractivity contribution in [2.24, 2.45) is 0 Å². The van der Waals surface area contributed by atoms with Gasteiger partial charge in [-0.25, -0.2) is 0 Å². The van der Waals surface area contributed by atoms with Crippen molar-refractivity contribution in [1.82, 2.24) is 15.5 Å². The van der Waals surface area contributed by atoms with Gasteiger partial charge >= 0.3 is 0 Å².